The Kier molecular flexibility index (Phi) is 4.89. The van der Waals surface area contributed by atoms with Crippen molar-refractivity contribution in [2.24, 2.45) is 5.73 Å². The Hall–Kier alpha value is -1.14. The topological polar surface area (TPSA) is 104 Å². The number of hydrogen-bond acceptors (Lipinski definition) is 4. The number of aromatic carboxylic acids is 1. The second-order valence-electron chi connectivity index (χ2n) is 3.63. The average molecular weight is 260 g/mol. The first-order chi connectivity index (χ1) is 7.97. The van der Waals surface area contributed by atoms with Gasteiger partial charge in [-0.3, -0.25) is 0 Å². The van der Waals surface area contributed by atoms with Crippen molar-refractivity contribution < 1.29 is 20.1 Å². The summed E-state index contributed by atoms with van der Waals surface area (Å²) in [6, 6.07) is 4.09. The van der Waals surface area contributed by atoms with Gasteiger partial charge in [0.25, 0.3) is 0 Å². The molecule has 0 bridgehead atoms. The smallest absolute Gasteiger partial charge is 0.337 e. The Morgan fingerprint density at radius 1 is 1.41 bits per heavy atom. The Morgan fingerprint density at radius 3 is 2.59 bits per heavy atom. The fourth-order valence-corrected chi connectivity index (χ4v) is 1.64. The molecule has 0 aliphatic rings. The number of rotatable bonds is 5. The minimum atomic E-state index is -1.18. The SMILES string of the molecule is NCCC(O)C(O)c1ccc(Cl)c(C(=O)O)c1. The molecule has 6 heteroatoms. The van der Waals surface area contributed by atoms with Crippen molar-refractivity contribution >= 4 is 17.6 Å². The van der Waals surface area contributed by atoms with Crippen LogP contribution in [0.3, 0.4) is 0 Å². The van der Waals surface area contributed by atoms with Gasteiger partial charge in [0.2, 0.25) is 0 Å². The first-order valence-corrected chi connectivity index (χ1v) is 5.44. The van der Waals surface area contributed by atoms with E-state index in [1.165, 1.54) is 18.2 Å². The maximum absolute atomic E-state index is 10.8. The van der Waals surface area contributed by atoms with Crippen molar-refractivity contribution in [1.82, 2.24) is 0 Å². The molecular weight excluding hydrogens is 246 g/mol. The Labute approximate surface area is 103 Å². The van der Waals surface area contributed by atoms with Crippen LogP contribution in [0.2, 0.25) is 5.02 Å². The van der Waals surface area contributed by atoms with Crippen molar-refractivity contribution in [2.75, 3.05) is 6.54 Å². The predicted octanol–water partition coefficient (Wildman–Crippen LogP) is 0.781. The Bertz CT molecular complexity index is 410. The van der Waals surface area contributed by atoms with Crippen molar-refractivity contribution in [1.29, 1.82) is 0 Å². The van der Waals surface area contributed by atoms with Gasteiger partial charge in [0.05, 0.1) is 16.7 Å². The standard InChI is InChI=1S/C11H14ClNO4/c12-8-2-1-6(5-7(8)11(16)17)10(15)9(14)3-4-13/h1-2,5,9-10,14-15H,3-4,13H2,(H,16,17). The van der Waals surface area contributed by atoms with E-state index < -0.39 is 18.2 Å². The van der Waals surface area contributed by atoms with Crippen LogP contribution >= 0.6 is 11.6 Å². The van der Waals surface area contributed by atoms with E-state index in [4.69, 9.17) is 22.4 Å². The lowest BCUT2D eigenvalue weighted by atomic mass is 10.00. The minimum Gasteiger partial charge on any atom is -0.478 e. The van der Waals surface area contributed by atoms with Gasteiger partial charge in [-0.1, -0.05) is 17.7 Å². The highest BCUT2D eigenvalue weighted by atomic mass is 35.5. The zero-order valence-corrected chi connectivity index (χ0v) is 9.76. The molecule has 0 spiro atoms. The number of aliphatic hydroxyl groups is 2. The fraction of sp³-hybridized carbons (Fsp3) is 0.364. The van der Waals surface area contributed by atoms with Gasteiger partial charge in [-0.25, -0.2) is 4.79 Å². The normalized spacial score (nSPS) is 14.4. The molecule has 0 saturated carbocycles. The van der Waals surface area contributed by atoms with Gasteiger partial charge >= 0.3 is 5.97 Å². The highest BCUT2D eigenvalue weighted by Gasteiger charge is 2.19. The van der Waals surface area contributed by atoms with Crippen LogP contribution < -0.4 is 5.73 Å². The zero-order chi connectivity index (χ0) is 13.0. The zero-order valence-electron chi connectivity index (χ0n) is 9.01. The molecule has 0 saturated heterocycles. The summed E-state index contributed by atoms with van der Waals surface area (Å²) in [7, 11) is 0. The molecule has 0 radical (unpaired) electrons. The van der Waals surface area contributed by atoms with Gasteiger partial charge in [0, 0.05) is 0 Å². The van der Waals surface area contributed by atoms with Crippen molar-refractivity contribution in [3.63, 3.8) is 0 Å². The van der Waals surface area contributed by atoms with E-state index in [0.717, 1.165) is 0 Å². The van der Waals surface area contributed by atoms with E-state index in [1.807, 2.05) is 0 Å². The summed E-state index contributed by atoms with van der Waals surface area (Å²) >= 11 is 5.69. The molecular formula is C11H14ClNO4. The monoisotopic (exact) mass is 259 g/mol. The lowest BCUT2D eigenvalue weighted by molar-refractivity contribution is 0.0149. The molecule has 1 aromatic rings. The summed E-state index contributed by atoms with van der Waals surface area (Å²) in [4.78, 5) is 10.8. The quantitative estimate of drug-likeness (QED) is 0.626. The van der Waals surface area contributed by atoms with Gasteiger partial charge in [-0.05, 0) is 30.7 Å². The molecule has 17 heavy (non-hydrogen) atoms. The van der Waals surface area contributed by atoms with Crippen LogP contribution in [0, 0.1) is 0 Å². The second-order valence-corrected chi connectivity index (χ2v) is 4.04. The largest absolute Gasteiger partial charge is 0.478 e. The number of aliphatic hydroxyl groups excluding tert-OH is 2. The van der Waals surface area contributed by atoms with Gasteiger partial charge in [0.1, 0.15) is 6.10 Å². The number of carboxylic acid groups (broad SMARTS) is 1. The summed E-state index contributed by atoms with van der Waals surface area (Å²) in [5.41, 5.74) is 5.45. The maximum atomic E-state index is 10.8. The summed E-state index contributed by atoms with van der Waals surface area (Å²) in [5.74, 6) is -1.18. The molecule has 1 rings (SSSR count). The molecule has 0 aliphatic heterocycles. The van der Waals surface area contributed by atoms with E-state index in [2.05, 4.69) is 0 Å². The molecule has 2 unspecified atom stereocenters. The van der Waals surface area contributed by atoms with Crippen LogP contribution in [-0.2, 0) is 0 Å². The van der Waals surface area contributed by atoms with Crippen LogP contribution in [0.25, 0.3) is 0 Å². The molecule has 5 nitrogen and oxygen atoms in total. The second kappa shape index (κ2) is 5.97. The van der Waals surface area contributed by atoms with E-state index in [1.54, 1.807) is 0 Å². The molecule has 0 aromatic heterocycles. The molecule has 1 aromatic carbocycles. The first kappa shape index (κ1) is 13.9. The molecule has 0 amide bonds. The lowest BCUT2D eigenvalue weighted by Gasteiger charge is -2.18. The van der Waals surface area contributed by atoms with Gasteiger partial charge < -0.3 is 21.1 Å². The number of carbonyl (C=O) groups is 1. The van der Waals surface area contributed by atoms with Crippen molar-refractivity contribution in [3.05, 3.63) is 34.3 Å². The molecule has 94 valence electrons. The van der Waals surface area contributed by atoms with Crippen LogP contribution in [-0.4, -0.2) is 33.9 Å². The fourth-order valence-electron chi connectivity index (χ4n) is 1.44. The Balaban J connectivity index is 2.99. The summed E-state index contributed by atoms with van der Waals surface area (Å²) in [6.45, 7) is 0.234. The van der Waals surface area contributed by atoms with E-state index in [0.29, 0.717) is 5.56 Å². The van der Waals surface area contributed by atoms with Gasteiger partial charge in [-0.2, -0.15) is 0 Å². The number of halogens is 1. The highest BCUT2D eigenvalue weighted by Crippen LogP contribution is 2.24. The number of nitrogens with two attached hydrogens (primary N) is 1. The van der Waals surface area contributed by atoms with E-state index in [9.17, 15) is 15.0 Å². The predicted molar refractivity (Wildman–Crippen MR) is 63.0 cm³/mol. The third-order valence-electron chi connectivity index (χ3n) is 2.39. The van der Waals surface area contributed by atoms with Crippen LogP contribution in [0.1, 0.15) is 28.4 Å². The van der Waals surface area contributed by atoms with Gasteiger partial charge in [0.15, 0.2) is 0 Å². The van der Waals surface area contributed by atoms with Crippen molar-refractivity contribution in [3.8, 4) is 0 Å². The third kappa shape index (κ3) is 3.41. The van der Waals surface area contributed by atoms with E-state index >= 15 is 0 Å². The summed E-state index contributed by atoms with van der Waals surface area (Å²) in [5, 5.41) is 28.3. The number of benzene rings is 1. The maximum Gasteiger partial charge on any atom is 0.337 e. The number of hydrogen-bond donors (Lipinski definition) is 4. The molecule has 0 fully saturated rings. The first-order valence-electron chi connectivity index (χ1n) is 5.06. The summed E-state index contributed by atoms with van der Waals surface area (Å²) < 4.78 is 0. The van der Waals surface area contributed by atoms with Crippen LogP contribution in [0.4, 0.5) is 0 Å². The molecule has 0 aliphatic carbocycles. The molecule has 0 heterocycles. The number of carboxylic acids is 1. The van der Waals surface area contributed by atoms with Crippen molar-refractivity contribution in [2.45, 2.75) is 18.6 Å². The average Bonchev–Trinajstić information content (AvgIpc) is 2.28. The van der Waals surface area contributed by atoms with Crippen LogP contribution in [0.15, 0.2) is 18.2 Å². The lowest BCUT2D eigenvalue weighted by Crippen LogP contribution is -2.22. The molecule has 5 N–H and O–H groups in total. The molecule has 2 atom stereocenters. The van der Waals surface area contributed by atoms with Gasteiger partial charge in [-0.15, -0.1) is 0 Å². The third-order valence-corrected chi connectivity index (χ3v) is 2.72. The van der Waals surface area contributed by atoms with E-state index in [-0.39, 0.29) is 23.6 Å². The summed E-state index contributed by atoms with van der Waals surface area (Å²) in [6.07, 6.45) is -1.97. The minimum absolute atomic E-state index is 0.0850. The Morgan fingerprint density at radius 2 is 2.06 bits per heavy atom. The highest BCUT2D eigenvalue weighted by molar-refractivity contribution is 6.33. The van der Waals surface area contributed by atoms with Crippen LogP contribution in [0.5, 0.6) is 0 Å².